The Morgan fingerprint density at radius 2 is 2.05 bits per heavy atom. The van der Waals surface area contributed by atoms with E-state index in [0.29, 0.717) is 11.5 Å². The van der Waals surface area contributed by atoms with Crippen molar-refractivity contribution in [2.45, 2.75) is 39.7 Å². The second-order valence-corrected chi connectivity index (χ2v) is 6.27. The smallest absolute Gasteiger partial charge is 0.257 e. The lowest BCUT2D eigenvalue weighted by Gasteiger charge is -2.33. The molecule has 4 heteroatoms. The van der Waals surface area contributed by atoms with Crippen LogP contribution in [-0.2, 0) is 0 Å². The molecule has 1 aromatic carbocycles. The highest BCUT2D eigenvalue weighted by Gasteiger charge is 2.25. The van der Waals surface area contributed by atoms with Crippen LogP contribution < -0.4 is 5.32 Å². The summed E-state index contributed by atoms with van der Waals surface area (Å²) in [5, 5.41) is 13.4. The summed E-state index contributed by atoms with van der Waals surface area (Å²) in [4.78, 5) is 14.6. The SMILES string of the molecule is Cc1ccc(C(=O)N(CC2CCNCC2)C(C)C)c(O)c1. The van der Waals surface area contributed by atoms with Gasteiger partial charge in [-0.3, -0.25) is 4.79 Å². The molecule has 0 aliphatic carbocycles. The van der Waals surface area contributed by atoms with E-state index in [4.69, 9.17) is 0 Å². The van der Waals surface area contributed by atoms with Gasteiger partial charge in [0.1, 0.15) is 5.75 Å². The Morgan fingerprint density at radius 1 is 1.38 bits per heavy atom. The zero-order valence-electron chi connectivity index (χ0n) is 13.2. The van der Waals surface area contributed by atoms with Crippen LogP contribution >= 0.6 is 0 Å². The molecule has 1 saturated heterocycles. The van der Waals surface area contributed by atoms with E-state index in [1.165, 1.54) is 0 Å². The van der Waals surface area contributed by atoms with Gasteiger partial charge >= 0.3 is 0 Å². The molecule has 4 nitrogen and oxygen atoms in total. The van der Waals surface area contributed by atoms with Crippen LogP contribution in [0.25, 0.3) is 0 Å². The van der Waals surface area contributed by atoms with Gasteiger partial charge in [-0.15, -0.1) is 0 Å². The summed E-state index contributed by atoms with van der Waals surface area (Å²) in [6.07, 6.45) is 2.22. The topological polar surface area (TPSA) is 52.6 Å². The van der Waals surface area contributed by atoms with Crippen molar-refractivity contribution in [1.82, 2.24) is 10.2 Å². The molecule has 0 bridgehead atoms. The van der Waals surface area contributed by atoms with Crippen molar-refractivity contribution in [3.63, 3.8) is 0 Å². The molecule has 0 atom stereocenters. The van der Waals surface area contributed by atoms with Crippen molar-refractivity contribution >= 4 is 5.91 Å². The van der Waals surface area contributed by atoms with Gasteiger partial charge in [-0.05, 0) is 70.3 Å². The van der Waals surface area contributed by atoms with Crippen molar-refractivity contribution in [1.29, 1.82) is 0 Å². The number of phenols is 1. The van der Waals surface area contributed by atoms with Gasteiger partial charge in [0.2, 0.25) is 0 Å². The van der Waals surface area contributed by atoms with Crippen molar-refractivity contribution in [2.24, 2.45) is 5.92 Å². The van der Waals surface area contributed by atoms with Crippen LogP contribution in [0.3, 0.4) is 0 Å². The lowest BCUT2D eigenvalue weighted by Crippen LogP contribution is -2.43. The van der Waals surface area contributed by atoms with Gasteiger partial charge in [-0.25, -0.2) is 0 Å². The normalized spacial score (nSPS) is 16.2. The van der Waals surface area contributed by atoms with Gasteiger partial charge in [0, 0.05) is 12.6 Å². The van der Waals surface area contributed by atoms with Crippen LogP contribution in [0.1, 0.15) is 42.6 Å². The lowest BCUT2D eigenvalue weighted by molar-refractivity contribution is 0.0655. The number of aromatic hydroxyl groups is 1. The summed E-state index contributed by atoms with van der Waals surface area (Å²) in [7, 11) is 0. The predicted octanol–water partition coefficient (Wildman–Crippen LogP) is 2.55. The average Bonchev–Trinajstić information content (AvgIpc) is 2.45. The molecule has 0 unspecified atom stereocenters. The number of nitrogens with one attached hydrogen (secondary N) is 1. The van der Waals surface area contributed by atoms with Crippen molar-refractivity contribution < 1.29 is 9.90 Å². The molecular weight excluding hydrogens is 264 g/mol. The van der Waals surface area contributed by atoms with Crippen LogP contribution in [0.15, 0.2) is 18.2 Å². The monoisotopic (exact) mass is 290 g/mol. The molecule has 2 N–H and O–H groups in total. The predicted molar refractivity (Wildman–Crippen MR) is 84.6 cm³/mol. The number of hydrogen-bond donors (Lipinski definition) is 2. The number of rotatable bonds is 4. The maximum atomic E-state index is 12.7. The molecule has 0 radical (unpaired) electrons. The quantitative estimate of drug-likeness (QED) is 0.896. The molecule has 0 aromatic heterocycles. The van der Waals surface area contributed by atoms with E-state index < -0.39 is 0 Å². The second-order valence-electron chi connectivity index (χ2n) is 6.27. The molecule has 0 saturated carbocycles. The van der Waals surface area contributed by atoms with Crippen LogP contribution in [0.2, 0.25) is 0 Å². The molecule has 2 rings (SSSR count). The first-order valence-electron chi connectivity index (χ1n) is 7.80. The third-order valence-corrected chi connectivity index (χ3v) is 4.18. The number of aryl methyl sites for hydroxylation is 1. The van der Waals surface area contributed by atoms with Crippen molar-refractivity contribution in [2.75, 3.05) is 19.6 Å². The summed E-state index contributed by atoms with van der Waals surface area (Å²) in [6, 6.07) is 5.38. The molecular formula is C17H26N2O2. The maximum Gasteiger partial charge on any atom is 0.257 e. The standard InChI is InChI=1S/C17H26N2O2/c1-12(2)19(11-14-6-8-18-9-7-14)17(21)15-5-4-13(3)10-16(15)20/h4-5,10,12,14,18,20H,6-9,11H2,1-3H3. The summed E-state index contributed by atoms with van der Waals surface area (Å²) in [6.45, 7) is 8.80. The largest absolute Gasteiger partial charge is 0.507 e. The number of carbonyl (C=O) groups is 1. The first-order valence-corrected chi connectivity index (χ1v) is 7.80. The minimum absolute atomic E-state index is 0.0685. The number of nitrogens with zero attached hydrogens (tertiary/aromatic N) is 1. The molecule has 116 valence electrons. The van der Waals surface area contributed by atoms with E-state index in [2.05, 4.69) is 5.32 Å². The highest BCUT2D eigenvalue weighted by atomic mass is 16.3. The Hall–Kier alpha value is -1.55. The highest BCUT2D eigenvalue weighted by Crippen LogP contribution is 2.23. The van der Waals surface area contributed by atoms with Crippen LogP contribution in [-0.4, -0.2) is 41.6 Å². The number of piperidine rings is 1. The van der Waals surface area contributed by atoms with Crippen LogP contribution in [0.5, 0.6) is 5.75 Å². The molecule has 1 heterocycles. The summed E-state index contributed by atoms with van der Waals surface area (Å²) in [5.41, 5.74) is 1.36. The van der Waals surface area contributed by atoms with Gasteiger partial charge in [0.25, 0.3) is 5.91 Å². The fraction of sp³-hybridized carbons (Fsp3) is 0.588. The molecule has 1 amide bonds. The number of amides is 1. The average molecular weight is 290 g/mol. The molecule has 1 aliphatic heterocycles. The Kier molecular flexibility index (Phi) is 5.23. The van der Waals surface area contributed by atoms with Crippen molar-refractivity contribution in [3.8, 4) is 5.75 Å². The second kappa shape index (κ2) is 6.94. The fourth-order valence-electron chi connectivity index (χ4n) is 2.85. The van der Waals surface area contributed by atoms with E-state index in [1.807, 2.05) is 31.7 Å². The molecule has 21 heavy (non-hydrogen) atoms. The molecule has 1 fully saturated rings. The van der Waals surface area contributed by atoms with Crippen LogP contribution in [0.4, 0.5) is 0 Å². The highest BCUT2D eigenvalue weighted by molar-refractivity contribution is 5.97. The third kappa shape index (κ3) is 3.97. The summed E-state index contributed by atoms with van der Waals surface area (Å²) in [5.74, 6) is 0.558. The number of carbonyl (C=O) groups excluding carboxylic acids is 1. The lowest BCUT2D eigenvalue weighted by atomic mass is 9.96. The van der Waals surface area contributed by atoms with E-state index in [1.54, 1.807) is 12.1 Å². The summed E-state index contributed by atoms with van der Waals surface area (Å²) < 4.78 is 0. The van der Waals surface area contributed by atoms with E-state index in [0.717, 1.165) is 38.0 Å². The van der Waals surface area contributed by atoms with Gasteiger partial charge in [0.15, 0.2) is 0 Å². The van der Waals surface area contributed by atoms with Crippen LogP contribution in [0, 0.1) is 12.8 Å². The van der Waals surface area contributed by atoms with Gasteiger partial charge < -0.3 is 15.3 Å². The first-order chi connectivity index (χ1) is 9.99. The molecule has 1 aliphatic rings. The minimum Gasteiger partial charge on any atom is -0.507 e. The zero-order valence-corrected chi connectivity index (χ0v) is 13.2. The fourth-order valence-corrected chi connectivity index (χ4v) is 2.85. The molecule has 0 spiro atoms. The third-order valence-electron chi connectivity index (χ3n) is 4.18. The number of hydrogen-bond acceptors (Lipinski definition) is 3. The Labute approximate surface area is 127 Å². The molecule has 1 aromatic rings. The number of benzene rings is 1. The van der Waals surface area contributed by atoms with E-state index >= 15 is 0 Å². The van der Waals surface area contributed by atoms with E-state index in [9.17, 15) is 9.90 Å². The van der Waals surface area contributed by atoms with E-state index in [-0.39, 0.29) is 17.7 Å². The Morgan fingerprint density at radius 3 is 2.62 bits per heavy atom. The van der Waals surface area contributed by atoms with Gasteiger partial charge in [0.05, 0.1) is 5.56 Å². The Balaban J connectivity index is 2.14. The Bertz CT molecular complexity index is 494. The summed E-state index contributed by atoms with van der Waals surface area (Å²) >= 11 is 0. The minimum atomic E-state index is -0.0685. The maximum absolute atomic E-state index is 12.7. The van der Waals surface area contributed by atoms with Crippen molar-refractivity contribution in [3.05, 3.63) is 29.3 Å². The van der Waals surface area contributed by atoms with Gasteiger partial charge in [-0.1, -0.05) is 6.07 Å². The van der Waals surface area contributed by atoms with Gasteiger partial charge in [-0.2, -0.15) is 0 Å². The first kappa shape index (κ1) is 15.8. The number of phenolic OH excluding ortho intramolecular Hbond substituents is 1. The zero-order chi connectivity index (χ0) is 15.4.